The molecule has 0 radical (unpaired) electrons. The molecule has 10 heteroatoms. The van der Waals surface area contributed by atoms with Gasteiger partial charge in [0.15, 0.2) is 5.82 Å². The molecule has 1 saturated heterocycles. The molecule has 29 heavy (non-hydrogen) atoms. The van der Waals surface area contributed by atoms with E-state index in [4.69, 9.17) is 9.47 Å². The van der Waals surface area contributed by atoms with Crippen molar-refractivity contribution in [2.75, 3.05) is 25.1 Å². The van der Waals surface area contributed by atoms with Crippen molar-refractivity contribution in [3.63, 3.8) is 0 Å². The molecule has 9 nitrogen and oxygen atoms in total. The summed E-state index contributed by atoms with van der Waals surface area (Å²) < 4.78 is 13.1. The molecule has 1 N–H and O–H groups in total. The van der Waals surface area contributed by atoms with Gasteiger partial charge in [-0.1, -0.05) is 19.6 Å². The standard InChI is InChI=1S/C19H29N5O4Si/c1-14-21-22-19(23(14)13-27-9-10-29(2,3)4)15-5-6-17(18(11-15)24(25)26)20-12-16-7-8-28-16/h5-6,11,16,20H,7-10,12-13H2,1-4H3/t16-/m0/s1. The molecule has 1 aliphatic rings. The zero-order valence-electron chi connectivity index (χ0n) is 17.5. The van der Waals surface area contributed by atoms with Gasteiger partial charge < -0.3 is 14.8 Å². The van der Waals surface area contributed by atoms with Crippen LogP contribution in [0.1, 0.15) is 12.2 Å². The summed E-state index contributed by atoms with van der Waals surface area (Å²) in [6.07, 6.45) is 1.09. The lowest BCUT2D eigenvalue weighted by Gasteiger charge is -2.26. The zero-order valence-corrected chi connectivity index (χ0v) is 18.5. The van der Waals surface area contributed by atoms with E-state index in [2.05, 4.69) is 35.2 Å². The molecule has 0 bridgehead atoms. The fraction of sp³-hybridized carbons (Fsp3) is 0.579. The Morgan fingerprint density at radius 1 is 1.38 bits per heavy atom. The number of hydrogen-bond acceptors (Lipinski definition) is 7. The van der Waals surface area contributed by atoms with Gasteiger partial charge in [0, 0.05) is 39.5 Å². The summed E-state index contributed by atoms with van der Waals surface area (Å²) in [5.74, 6) is 1.27. The number of nitrogens with zero attached hydrogens (tertiary/aromatic N) is 4. The second kappa shape index (κ2) is 9.01. The van der Waals surface area contributed by atoms with Crippen LogP contribution in [-0.4, -0.2) is 53.6 Å². The van der Waals surface area contributed by atoms with Gasteiger partial charge in [0.25, 0.3) is 5.69 Å². The van der Waals surface area contributed by atoms with E-state index < -0.39 is 8.07 Å². The van der Waals surface area contributed by atoms with E-state index in [0.29, 0.717) is 42.8 Å². The number of aryl methyl sites for hydroxylation is 1. The van der Waals surface area contributed by atoms with Crippen molar-refractivity contribution in [3.05, 3.63) is 34.1 Å². The Labute approximate surface area is 171 Å². The second-order valence-electron chi connectivity index (χ2n) is 8.50. The third kappa shape index (κ3) is 5.61. The first-order valence-corrected chi connectivity index (χ1v) is 13.6. The Balaban J connectivity index is 1.75. The molecule has 0 spiro atoms. The number of aromatic nitrogens is 3. The van der Waals surface area contributed by atoms with Crippen LogP contribution in [0.3, 0.4) is 0 Å². The molecule has 1 aromatic heterocycles. The smallest absolute Gasteiger partial charge is 0.293 e. The lowest BCUT2D eigenvalue weighted by molar-refractivity contribution is -0.383. The average Bonchev–Trinajstić information content (AvgIpc) is 2.97. The van der Waals surface area contributed by atoms with Crippen molar-refractivity contribution in [1.82, 2.24) is 14.8 Å². The summed E-state index contributed by atoms with van der Waals surface area (Å²) in [5.41, 5.74) is 1.12. The molecule has 3 rings (SSSR count). The van der Waals surface area contributed by atoms with Gasteiger partial charge in [-0.2, -0.15) is 0 Å². The Morgan fingerprint density at radius 2 is 2.14 bits per heavy atom. The van der Waals surface area contributed by atoms with Gasteiger partial charge in [0.2, 0.25) is 0 Å². The highest BCUT2D eigenvalue weighted by atomic mass is 28.3. The predicted molar refractivity (Wildman–Crippen MR) is 114 cm³/mol. The molecule has 1 aliphatic heterocycles. The minimum atomic E-state index is -1.17. The molecular weight excluding hydrogens is 390 g/mol. The van der Waals surface area contributed by atoms with E-state index in [1.165, 1.54) is 6.07 Å². The maximum Gasteiger partial charge on any atom is 0.293 e. The van der Waals surface area contributed by atoms with Crippen LogP contribution in [-0.2, 0) is 16.2 Å². The molecule has 0 unspecified atom stereocenters. The Bertz CT molecular complexity index is 861. The van der Waals surface area contributed by atoms with Crippen molar-refractivity contribution in [2.45, 2.75) is 51.9 Å². The minimum Gasteiger partial charge on any atom is -0.377 e. The fourth-order valence-electron chi connectivity index (χ4n) is 2.92. The molecular formula is C19H29N5O4Si. The first-order valence-electron chi connectivity index (χ1n) is 9.86. The van der Waals surface area contributed by atoms with Crippen molar-refractivity contribution in [1.29, 1.82) is 0 Å². The van der Waals surface area contributed by atoms with Crippen LogP contribution in [0, 0.1) is 17.0 Å². The quantitative estimate of drug-likeness (QED) is 0.271. The van der Waals surface area contributed by atoms with E-state index in [-0.39, 0.29) is 16.7 Å². The van der Waals surface area contributed by atoms with Crippen LogP contribution in [0.2, 0.25) is 25.7 Å². The maximum absolute atomic E-state index is 11.6. The van der Waals surface area contributed by atoms with Crippen molar-refractivity contribution in [3.8, 4) is 11.4 Å². The first-order chi connectivity index (χ1) is 13.7. The summed E-state index contributed by atoms with van der Waals surface area (Å²) in [4.78, 5) is 11.2. The molecule has 0 aliphatic carbocycles. The van der Waals surface area contributed by atoms with Crippen molar-refractivity contribution < 1.29 is 14.4 Å². The second-order valence-corrected chi connectivity index (χ2v) is 14.1. The lowest BCUT2D eigenvalue weighted by Crippen LogP contribution is -2.33. The summed E-state index contributed by atoms with van der Waals surface area (Å²) in [6, 6.07) is 6.14. The van der Waals surface area contributed by atoms with Crippen LogP contribution in [0.25, 0.3) is 11.4 Å². The minimum absolute atomic E-state index is 0.00803. The van der Waals surface area contributed by atoms with Crippen LogP contribution in [0.4, 0.5) is 11.4 Å². The third-order valence-corrected chi connectivity index (χ3v) is 6.62. The number of nitrogens with one attached hydrogen (secondary N) is 1. The molecule has 2 aromatic rings. The summed E-state index contributed by atoms with van der Waals surface area (Å²) in [5, 5.41) is 23.1. The van der Waals surface area contributed by atoms with E-state index >= 15 is 0 Å². The highest BCUT2D eigenvalue weighted by molar-refractivity contribution is 6.76. The van der Waals surface area contributed by atoms with E-state index in [9.17, 15) is 10.1 Å². The predicted octanol–water partition coefficient (Wildman–Crippen LogP) is 3.67. The van der Waals surface area contributed by atoms with Crippen LogP contribution < -0.4 is 5.32 Å². The van der Waals surface area contributed by atoms with Crippen LogP contribution in [0.15, 0.2) is 18.2 Å². The highest BCUT2D eigenvalue weighted by Gasteiger charge is 2.22. The molecule has 1 fully saturated rings. The molecule has 0 amide bonds. The number of hydrogen-bond donors (Lipinski definition) is 1. The lowest BCUT2D eigenvalue weighted by atomic mass is 10.1. The molecule has 2 heterocycles. The topological polar surface area (TPSA) is 104 Å². The monoisotopic (exact) mass is 419 g/mol. The number of ether oxygens (including phenoxy) is 2. The zero-order chi connectivity index (χ0) is 21.0. The molecule has 1 aromatic carbocycles. The van der Waals surface area contributed by atoms with Gasteiger partial charge >= 0.3 is 0 Å². The fourth-order valence-corrected chi connectivity index (χ4v) is 3.68. The largest absolute Gasteiger partial charge is 0.377 e. The SMILES string of the molecule is Cc1nnc(-c2ccc(NC[C@@H]3CCO3)c([N+](=O)[O-])c2)n1COCC[Si](C)(C)C. The molecule has 1 atom stereocenters. The van der Waals surface area contributed by atoms with Gasteiger partial charge in [-0.25, -0.2) is 0 Å². The van der Waals surface area contributed by atoms with Crippen LogP contribution >= 0.6 is 0 Å². The van der Waals surface area contributed by atoms with Gasteiger partial charge in [-0.05, 0) is 31.5 Å². The average molecular weight is 420 g/mol. The molecule has 158 valence electrons. The van der Waals surface area contributed by atoms with Gasteiger partial charge in [0.1, 0.15) is 18.2 Å². The highest BCUT2D eigenvalue weighted by Crippen LogP contribution is 2.30. The number of nitro benzene ring substituents is 1. The Morgan fingerprint density at radius 3 is 2.76 bits per heavy atom. The number of nitro groups is 1. The van der Waals surface area contributed by atoms with Gasteiger partial charge in [0.05, 0.1) is 11.0 Å². The number of rotatable bonds is 10. The van der Waals surface area contributed by atoms with E-state index in [0.717, 1.165) is 19.1 Å². The Hall–Kier alpha value is -2.30. The Kier molecular flexibility index (Phi) is 6.65. The third-order valence-electron chi connectivity index (χ3n) is 4.92. The van der Waals surface area contributed by atoms with Crippen molar-refractivity contribution in [2.24, 2.45) is 0 Å². The van der Waals surface area contributed by atoms with Crippen molar-refractivity contribution >= 4 is 19.4 Å². The summed E-state index contributed by atoms with van der Waals surface area (Å²) in [7, 11) is -1.17. The van der Waals surface area contributed by atoms with Crippen LogP contribution in [0.5, 0.6) is 0 Å². The first kappa shape index (κ1) is 21.4. The van der Waals surface area contributed by atoms with E-state index in [1.807, 2.05) is 17.6 Å². The molecule has 0 saturated carbocycles. The van der Waals surface area contributed by atoms with E-state index in [1.54, 1.807) is 6.07 Å². The number of benzene rings is 1. The van der Waals surface area contributed by atoms with Gasteiger partial charge in [-0.3, -0.25) is 14.7 Å². The van der Waals surface area contributed by atoms with Gasteiger partial charge in [-0.15, -0.1) is 10.2 Å². The number of anilines is 1. The summed E-state index contributed by atoms with van der Waals surface area (Å²) >= 11 is 0. The summed E-state index contributed by atoms with van der Waals surface area (Å²) in [6.45, 7) is 11.1. The maximum atomic E-state index is 11.6. The normalized spacial score (nSPS) is 16.5.